The van der Waals surface area contributed by atoms with E-state index in [1.165, 1.54) is 0 Å². The predicted molar refractivity (Wildman–Crippen MR) is 116 cm³/mol. The second-order valence-corrected chi connectivity index (χ2v) is 7.07. The van der Waals surface area contributed by atoms with E-state index in [0.29, 0.717) is 17.0 Å². The highest BCUT2D eigenvalue weighted by Gasteiger charge is 2.15. The summed E-state index contributed by atoms with van der Waals surface area (Å²) in [6.07, 6.45) is 3.98. The lowest BCUT2D eigenvalue weighted by Gasteiger charge is -2.04. The van der Waals surface area contributed by atoms with Crippen LogP contribution < -0.4 is 10.1 Å². The Labute approximate surface area is 172 Å². The third-order valence-electron chi connectivity index (χ3n) is 5.07. The molecule has 6 nitrogen and oxygen atoms in total. The predicted octanol–water partition coefficient (Wildman–Crippen LogP) is 5.32. The fraction of sp³-hybridized carbons (Fsp3) is 0.0833. The SMILES string of the molecule is COc1cccc2cc(C(=O)Nc3ccc(-c4cn5cccc(C)c5n4)cc3)oc12. The van der Waals surface area contributed by atoms with Crippen molar-refractivity contribution in [2.75, 3.05) is 12.4 Å². The molecule has 30 heavy (non-hydrogen) atoms. The number of ether oxygens (including phenoxy) is 1. The molecule has 5 rings (SSSR count). The summed E-state index contributed by atoms with van der Waals surface area (Å²) in [6, 6.07) is 18.9. The third-order valence-corrected chi connectivity index (χ3v) is 5.07. The highest BCUT2D eigenvalue weighted by Crippen LogP contribution is 2.29. The number of pyridine rings is 1. The van der Waals surface area contributed by atoms with E-state index in [4.69, 9.17) is 14.1 Å². The lowest BCUT2D eigenvalue weighted by molar-refractivity contribution is 0.0998. The van der Waals surface area contributed by atoms with Gasteiger partial charge in [0.1, 0.15) is 5.65 Å². The molecule has 3 aromatic heterocycles. The maximum Gasteiger partial charge on any atom is 0.291 e. The molecule has 1 amide bonds. The van der Waals surface area contributed by atoms with Crippen molar-refractivity contribution >= 4 is 28.2 Å². The van der Waals surface area contributed by atoms with Crippen LogP contribution in [0.4, 0.5) is 5.69 Å². The Morgan fingerprint density at radius 1 is 1.10 bits per heavy atom. The van der Waals surface area contributed by atoms with Gasteiger partial charge in [0.25, 0.3) is 5.91 Å². The van der Waals surface area contributed by atoms with E-state index >= 15 is 0 Å². The molecule has 0 unspecified atom stereocenters. The number of hydrogen-bond acceptors (Lipinski definition) is 4. The maximum atomic E-state index is 12.6. The highest BCUT2D eigenvalue weighted by atomic mass is 16.5. The first-order valence-electron chi connectivity index (χ1n) is 9.55. The number of hydrogen-bond donors (Lipinski definition) is 1. The summed E-state index contributed by atoms with van der Waals surface area (Å²) in [5.74, 6) is 0.511. The largest absolute Gasteiger partial charge is 0.493 e. The number of amides is 1. The maximum absolute atomic E-state index is 12.6. The van der Waals surface area contributed by atoms with E-state index in [-0.39, 0.29) is 11.7 Å². The van der Waals surface area contributed by atoms with Gasteiger partial charge in [0.15, 0.2) is 17.1 Å². The first-order chi connectivity index (χ1) is 14.6. The number of anilines is 1. The Kier molecular flexibility index (Phi) is 4.25. The van der Waals surface area contributed by atoms with Crippen LogP contribution in [0.2, 0.25) is 0 Å². The van der Waals surface area contributed by atoms with Crippen LogP contribution in [0.3, 0.4) is 0 Å². The number of furan rings is 1. The average molecular weight is 397 g/mol. The van der Waals surface area contributed by atoms with Crippen LogP contribution >= 0.6 is 0 Å². The summed E-state index contributed by atoms with van der Waals surface area (Å²) in [7, 11) is 1.57. The van der Waals surface area contributed by atoms with Crippen LogP contribution in [0.1, 0.15) is 16.1 Å². The van der Waals surface area contributed by atoms with Gasteiger partial charge in [0.2, 0.25) is 0 Å². The molecule has 5 aromatic rings. The van der Waals surface area contributed by atoms with Gasteiger partial charge in [-0.2, -0.15) is 0 Å². The van der Waals surface area contributed by atoms with Crippen LogP contribution in [0.25, 0.3) is 27.9 Å². The lowest BCUT2D eigenvalue weighted by Crippen LogP contribution is -2.10. The van der Waals surface area contributed by atoms with E-state index in [0.717, 1.165) is 27.9 Å². The third kappa shape index (κ3) is 3.08. The second kappa shape index (κ2) is 7.08. The number of carbonyl (C=O) groups is 1. The van der Waals surface area contributed by atoms with Gasteiger partial charge < -0.3 is 18.9 Å². The molecule has 3 heterocycles. The fourth-order valence-electron chi connectivity index (χ4n) is 3.52. The van der Waals surface area contributed by atoms with Crippen molar-refractivity contribution in [3.8, 4) is 17.0 Å². The number of benzene rings is 2. The first kappa shape index (κ1) is 18.0. The lowest BCUT2D eigenvalue weighted by atomic mass is 10.1. The summed E-state index contributed by atoms with van der Waals surface area (Å²) >= 11 is 0. The van der Waals surface area contributed by atoms with E-state index in [1.54, 1.807) is 19.2 Å². The van der Waals surface area contributed by atoms with Crippen molar-refractivity contribution in [1.29, 1.82) is 0 Å². The number of methoxy groups -OCH3 is 1. The van der Waals surface area contributed by atoms with Crippen molar-refractivity contribution in [2.45, 2.75) is 6.92 Å². The smallest absolute Gasteiger partial charge is 0.291 e. The van der Waals surface area contributed by atoms with Gasteiger partial charge in [-0.1, -0.05) is 30.3 Å². The molecule has 6 heteroatoms. The molecule has 0 aliphatic rings. The molecule has 0 saturated heterocycles. The molecule has 0 spiro atoms. The Balaban J connectivity index is 1.38. The number of rotatable bonds is 4. The number of carbonyl (C=O) groups excluding carboxylic acids is 1. The van der Waals surface area contributed by atoms with E-state index in [9.17, 15) is 4.79 Å². The standard InChI is InChI=1S/C24H19N3O3/c1-15-5-4-12-27-14-19(26-23(15)27)16-8-10-18(11-9-16)25-24(28)21-13-17-6-3-7-20(29-2)22(17)30-21/h3-14H,1-2H3,(H,25,28). The van der Waals surface area contributed by atoms with E-state index < -0.39 is 0 Å². The quantitative estimate of drug-likeness (QED) is 0.446. The van der Waals surface area contributed by atoms with Crippen LogP contribution in [-0.2, 0) is 0 Å². The summed E-state index contributed by atoms with van der Waals surface area (Å²) in [6.45, 7) is 2.04. The second-order valence-electron chi connectivity index (χ2n) is 7.07. The number of para-hydroxylation sites is 1. The van der Waals surface area contributed by atoms with Crippen molar-refractivity contribution < 1.29 is 13.9 Å². The topological polar surface area (TPSA) is 68.8 Å². The van der Waals surface area contributed by atoms with E-state index in [2.05, 4.69) is 5.32 Å². The fourth-order valence-corrected chi connectivity index (χ4v) is 3.52. The van der Waals surface area contributed by atoms with Gasteiger partial charge in [0, 0.05) is 29.0 Å². The normalized spacial score (nSPS) is 11.1. The molecular formula is C24H19N3O3. The summed E-state index contributed by atoms with van der Waals surface area (Å²) in [5.41, 5.74) is 5.15. The van der Waals surface area contributed by atoms with Gasteiger partial charge in [-0.15, -0.1) is 0 Å². The van der Waals surface area contributed by atoms with Crippen molar-refractivity contribution in [2.24, 2.45) is 0 Å². The number of fused-ring (bicyclic) bond motifs is 2. The van der Waals surface area contributed by atoms with Crippen molar-refractivity contribution in [1.82, 2.24) is 9.38 Å². The summed E-state index contributed by atoms with van der Waals surface area (Å²) in [5, 5.41) is 3.69. The van der Waals surface area contributed by atoms with E-state index in [1.807, 2.05) is 72.2 Å². The van der Waals surface area contributed by atoms with Gasteiger partial charge >= 0.3 is 0 Å². The van der Waals surface area contributed by atoms with Gasteiger partial charge in [0.05, 0.1) is 12.8 Å². The van der Waals surface area contributed by atoms with Crippen molar-refractivity contribution in [3.63, 3.8) is 0 Å². The van der Waals surface area contributed by atoms with Crippen LogP contribution in [0.15, 0.2) is 77.5 Å². The average Bonchev–Trinajstić information content (AvgIpc) is 3.39. The molecule has 2 aromatic carbocycles. The molecule has 0 saturated carbocycles. The molecule has 1 N–H and O–H groups in total. The van der Waals surface area contributed by atoms with Crippen LogP contribution in [-0.4, -0.2) is 22.4 Å². The molecule has 0 fully saturated rings. The Morgan fingerprint density at radius 3 is 2.70 bits per heavy atom. The van der Waals surface area contributed by atoms with Crippen LogP contribution in [0.5, 0.6) is 5.75 Å². The van der Waals surface area contributed by atoms with Crippen LogP contribution in [0, 0.1) is 6.92 Å². The van der Waals surface area contributed by atoms with Gasteiger partial charge in [-0.3, -0.25) is 4.79 Å². The zero-order chi connectivity index (χ0) is 20.7. The Hall–Kier alpha value is -4.06. The minimum atomic E-state index is -0.315. The number of aryl methyl sites for hydroxylation is 1. The summed E-state index contributed by atoms with van der Waals surface area (Å²) in [4.78, 5) is 17.3. The number of imidazole rings is 1. The number of aromatic nitrogens is 2. The molecule has 0 aliphatic carbocycles. The molecule has 0 radical (unpaired) electrons. The molecule has 0 bridgehead atoms. The molecule has 148 valence electrons. The zero-order valence-corrected chi connectivity index (χ0v) is 16.5. The Bertz CT molecular complexity index is 1380. The molecule has 0 atom stereocenters. The zero-order valence-electron chi connectivity index (χ0n) is 16.5. The minimum absolute atomic E-state index is 0.231. The minimum Gasteiger partial charge on any atom is -0.493 e. The first-order valence-corrected chi connectivity index (χ1v) is 9.55. The highest BCUT2D eigenvalue weighted by molar-refractivity contribution is 6.05. The molecular weight excluding hydrogens is 378 g/mol. The number of nitrogens with one attached hydrogen (secondary N) is 1. The van der Waals surface area contributed by atoms with Gasteiger partial charge in [-0.05, 0) is 42.8 Å². The van der Waals surface area contributed by atoms with Crippen molar-refractivity contribution in [3.05, 3.63) is 84.4 Å². The Morgan fingerprint density at radius 2 is 1.93 bits per heavy atom. The molecule has 0 aliphatic heterocycles. The number of nitrogens with zero attached hydrogens (tertiary/aromatic N) is 2. The van der Waals surface area contributed by atoms with Gasteiger partial charge in [-0.25, -0.2) is 4.98 Å². The monoisotopic (exact) mass is 397 g/mol. The summed E-state index contributed by atoms with van der Waals surface area (Å²) < 4.78 is 13.0.